The average molecular weight is 1770 g/mol. The van der Waals surface area contributed by atoms with Crippen molar-refractivity contribution in [2.24, 2.45) is 35.2 Å². The number of benzene rings is 10. The Bertz CT molecular complexity index is 9170. The lowest BCUT2D eigenvalue weighted by Gasteiger charge is -2.13. The summed E-state index contributed by atoms with van der Waals surface area (Å²) in [5, 5.41) is 12.8. The van der Waals surface area contributed by atoms with E-state index in [1.807, 2.05) is 31.0 Å². The van der Waals surface area contributed by atoms with Gasteiger partial charge in [-0.3, -0.25) is 24.9 Å². The molecule has 15 nitrogen and oxygen atoms in total. The minimum atomic E-state index is 0.999. The third-order valence-electron chi connectivity index (χ3n) is 29.8. The largest absolute Gasteiger partial charge is 0.297 e. The first-order valence-electron chi connectivity index (χ1n) is 48.9. The van der Waals surface area contributed by atoms with E-state index < -0.39 is 0 Å². The molecule has 25 rings (SSSR count). The van der Waals surface area contributed by atoms with Crippen LogP contribution in [-0.4, -0.2) is 46.9 Å². The van der Waals surface area contributed by atoms with Crippen molar-refractivity contribution in [1.29, 1.82) is 0 Å². The summed E-state index contributed by atoms with van der Waals surface area (Å²) in [6.45, 7) is 33.3. The monoisotopic (exact) mass is 1770 g/mol. The Balaban J connectivity index is 0.000000101. The van der Waals surface area contributed by atoms with Crippen LogP contribution >= 0.6 is 0 Å². The molecule has 135 heavy (non-hydrogen) atoms. The van der Waals surface area contributed by atoms with E-state index in [1.54, 1.807) is 0 Å². The van der Waals surface area contributed by atoms with Gasteiger partial charge in [0.1, 0.15) is 27.6 Å². The van der Waals surface area contributed by atoms with Crippen LogP contribution in [0.1, 0.15) is 153 Å². The van der Waals surface area contributed by atoms with Crippen LogP contribution in [0.4, 0.5) is 0 Å². The van der Waals surface area contributed by atoms with Crippen LogP contribution in [-0.2, 0) is 99.4 Å². The van der Waals surface area contributed by atoms with Gasteiger partial charge < -0.3 is 0 Å². The van der Waals surface area contributed by atoms with E-state index in [1.165, 1.54) is 248 Å². The average Bonchev–Trinajstić information content (AvgIpc) is 1.59. The predicted octanol–water partition coefficient (Wildman–Crippen LogP) is 25.3. The number of pyridine rings is 10. The molecule has 0 bridgehead atoms. The molecule has 670 valence electrons. The fraction of sp³-hybridized carbons (Fsp3) is 0.250. The fourth-order valence-electron chi connectivity index (χ4n) is 23.1. The lowest BCUT2D eigenvalue weighted by Crippen LogP contribution is -2.27. The number of imidazole rings is 5. The van der Waals surface area contributed by atoms with Gasteiger partial charge in [0.25, 0.3) is 28.2 Å². The Hall–Kier alpha value is -14.7. The van der Waals surface area contributed by atoms with Gasteiger partial charge in [-0.25, -0.2) is 22.8 Å². The van der Waals surface area contributed by atoms with Gasteiger partial charge in [-0.15, -0.1) is 0 Å². The fourth-order valence-corrected chi connectivity index (χ4v) is 23.1. The van der Waals surface area contributed by atoms with E-state index >= 15 is 0 Å². The molecular weight excluding hydrogens is 1650 g/mol. The topological polar surface area (TPSA) is 106 Å². The highest BCUT2D eigenvalue weighted by atomic mass is 15.2. The highest BCUT2D eigenvalue weighted by Gasteiger charge is 2.34. The summed E-state index contributed by atoms with van der Waals surface area (Å²) in [6, 6.07) is 77.4. The van der Waals surface area contributed by atoms with E-state index in [2.05, 4.69) is 396 Å². The van der Waals surface area contributed by atoms with Gasteiger partial charge in [-0.05, 0) is 286 Å². The van der Waals surface area contributed by atoms with Crippen molar-refractivity contribution in [3.05, 3.63) is 327 Å². The van der Waals surface area contributed by atoms with Crippen molar-refractivity contribution in [2.75, 3.05) is 0 Å². The Kier molecular flexibility index (Phi) is 22.2. The maximum atomic E-state index is 4.89. The Labute approximate surface area is 787 Å². The molecule has 15 aromatic heterocycles. The van der Waals surface area contributed by atoms with Crippen molar-refractivity contribution in [3.8, 4) is 0 Å². The van der Waals surface area contributed by atoms with Crippen LogP contribution in [0.2, 0.25) is 0 Å². The lowest BCUT2D eigenvalue weighted by molar-refractivity contribution is -0.617. The zero-order chi connectivity index (χ0) is 93.5. The molecule has 0 aliphatic carbocycles. The second kappa shape index (κ2) is 34.4. The minimum absolute atomic E-state index is 0.999. The predicted molar refractivity (Wildman–Crippen MR) is 562 cm³/mol. The third-order valence-corrected chi connectivity index (χ3v) is 29.8. The smallest absolute Gasteiger partial charge is 0.255 e. The van der Waals surface area contributed by atoms with Crippen LogP contribution in [0.5, 0.6) is 0 Å². The molecule has 0 amide bonds. The molecule has 25 aromatic rings. The molecule has 0 aliphatic heterocycles. The van der Waals surface area contributed by atoms with E-state index in [4.69, 9.17) is 24.9 Å². The molecule has 0 spiro atoms. The van der Waals surface area contributed by atoms with Crippen LogP contribution in [0.3, 0.4) is 0 Å². The van der Waals surface area contributed by atoms with Gasteiger partial charge in [0.15, 0.2) is 55.2 Å². The SMILES string of the molecule is CCc1cc(CC)c2c3nccc(C)c3c3n(c2c1)c1ccccc1[n+]3C.CCc1ccc(CC)c2c1c1nccc(C)c1c1n2c2ccccc2[n+]1C.CCc1ccc2c(c1)n1c3cccc(CC)c3c3nccc(C)c3c1[n+]2C.CCc1ccc2c(c1CC)c1nccc(C)c1c1n2c2ccccc2[n+]1C.CCc1cccc2c1c1nccc(C)c1c1n2c2c(CC)cccc2[n+]1C. The summed E-state index contributed by atoms with van der Waals surface area (Å²) in [5.74, 6) is 0. The molecule has 0 N–H and O–H groups in total. The summed E-state index contributed by atoms with van der Waals surface area (Å²) in [4.78, 5) is 24.4. The summed E-state index contributed by atoms with van der Waals surface area (Å²) >= 11 is 0. The van der Waals surface area contributed by atoms with Gasteiger partial charge in [0.2, 0.25) is 0 Å². The number of fused-ring (bicyclic) bond motifs is 40. The third kappa shape index (κ3) is 13.2. The van der Waals surface area contributed by atoms with E-state index in [9.17, 15) is 0 Å². The Morgan fingerprint density at radius 1 is 0.207 bits per heavy atom. The highest BCUT2D eigenvalue weighted by molar-refractivity contribution is 6.18. The van der Waals surface area contributed by atoms with Gasteiger partial charge in [-0.2, -0.15) is 22.0 Å². The normalized spacial score (nSPS) is 12.0. The van der Waals surface area contributed by atoms with Crippen molar-refractivity contribution in [1.82, 2.24) is 46.9 Å². The molecular formula is C120H120N15+5. The lowest BCUT2D eigenvalue weighted by atomic mass is 9.95. The van der Waals surface area contributed by atoms with E-state index in [0.29, 0.717) is 0 Å². The molecule has 15 heterocycles. The molecule has 0 fully saturated rings. The summed E-state index contributed by atoms with van der Waals surface area (Å²) in [6.07, 6.45) is 19.9. The zero-order valence-corrected chi connectivity index (χ0v) is 81.9. The molecule has 0 saturated heterocycles. The second-order valence-corrected chi connectivity index (χ2v) is 36.9. The first kappa shape index (κ1) is 87.0. The maximum absolute atomic E-state index is 4.89. The molecule has 0 saturated carbocycles. The second-order valence-electron chi connectivity index (χ2n) is 36.9. The zero-order valence-electron chi connectivity index (χ0n) is 81.9. The number of hydrogen-bond donors (Lipinski definition) is 0. The van der Waals surface area contributed by atoms with Crippen LogP contribution in [0.15, 0.2) is 243 Å². The quantitative estimate of drug-likeness (QED) is 0.100. The molecule has 0 radical (unpaired) electrons. The molecule has 0 unspecified atom stereocenters. The number of hydrogen-bond acceptors (Lipinski definition) is 5. The van der Waals surface area contributed by atoms with Crippen molar-refractivity contribution in [2.45, 2.75) is 168 Å². The number of nitrogens with zero attached hydrogens (tertiary/aromatic N) is 15. The number of para-hydroxylation sites is 7. The summed E-state index contributed by atoms with van der Waals surface area (Å²) in [5.41, 5.74) is 50.9. The van der Waals surface area contributed by atoms with Crippen LogP contribution in [0, 0.1) is 34.6 Å². The summed E-state index contributed by atoms with van der Waals surface area (Å²) in [7, 11) is 10.9. The first-order valence-corrected chi connectivity index (χ1v) is 48.9. The van der Waals surface area contributed by atoms with Gasteiger partial charge in [0, 0.05) is 36.5 Å². The van der Waals surface area contributed by atoms with Crippen LogP contribution < -0.4 is 22.8 Å². The van der Waals surface area contributed by atoms with Gasteiger partial charge >= 0.3 is 0 Å². The Morgan fingerprint density at radius 2 is 0.519 bits per heavy atom. The molecule has 15 heteroatoms. The number of aryl methyl sites for hydroxylation is 20. The number of aromatic nitrogens is 15. The molecule has 10 aromatic carbocycles. The highest BCUT2D eigenvalue weighted by Crippen LogP contribution is 2.43. The maximum Gasteiger partial charge on any atom is 0.297 e. The van der Waals surface area contributed by atoms with E-state index in [0.717, 1.165) is 91.8 Å². The van der Waals surface area contributed by atoms with Gasteiger partial charge in [0.05, 0.1) is 117 Å². The van der Waals surface area contributed by atoms with Crippen molar-refractivity contribution < 1.29 is 22.8 Å². The minimum Gasteiger partial charge on any atom is -0.255 e. The summed E-state index contributed by atoms with van der Waals surface area (Å²) < 4.78 is 23.9. The molecule has 0 aliphatic rings. The van der Waals surface area contributed by atoms with Crippen molar-refractivity contribution >= 4 is 192 Å². The Morgan fingerprint density at radius 3 is 0.970 bits per heavy atom. The van der Waals surface area contributed by atoms with Crippen molar-refractivity contribution in [3.63, 3.8) is 0 Å². The van der Waals surface area contributed by atoms with Gasteiger partial charge in [-0.1, -0.05) is 172 Å². The first-order chi connectivity index (χ1) is 65.8. The van der Waals surface area contributed by atoms with Crippen LogP contribution in [0.25, 0.3) is 192 Å². The standard InChI is InChI=1S/5C24H24N3/c1-5-16-9-7-11-18-21(16)22-20(15(3)13-14-25-22)24-26(4)19-12-8-10-17(6-2)23(19)27(18)24;1-5-16-10-11-18-20(14-16)27-19-9-7-8-17(6-2)22(19)23-21(24(27)26(18)4)15(3)12-13-25-23;1-5-16-13-17(6-2)22-20(14-16)27-19-10-8-7-9-18(19)26(4)24(27)21-15(3)11-12-25-23(21)22;1-5-16-11-12-20-22(17(16)6-2)23-21(15(3)13-14-25-23)24-26(4)18-9-7-8-10-19(18)27(20)24;1-5-16-11-12-17(6-2)23-21(16)22-20(15(3)13-14-25-22)24-26(4)18-9-7-8-10-19(18)27(23)24/h5*7-14H,5-6H2,1-4H3/q5*+1. The van der Waals surface area contributed by atoms with E-state index in [-0.39, 0.29) is 0 Å². The molecule has 0 atom stereocenters. The number of rotatable bonds is 10.